The molecule has 2 aromatic rings. The van der Waals surface area contributed by atoms with Crippen LogP contribution in [0.3, 0.4) is 0 Å². The van der Waals surface area contributed by atoms with Crippen molar-refractivity contribution in [3.63, 3.8) is 0 Å². The van der Waals surface area contributed by atoms with Crippen LogP contribution in [0.2, 0.25) is 0 Å². The maximum atomic E-state index is 12.7. The minimum absolute atomic E-state index is 0.203. The van der Waals surface area contributed by atoms with E-state index in [1.165, 1.54) is 48.5 Å². The van der Waals surface area contributed by atoms with Gasteiger partial charge in [0.15, 0.2) is 5.78 Å². The molecule has 0 aromatic heterocycles. The summed E-state index contributed by atoms with van der Waals surface area (Å²) in [7, 11) is -8.67. The van der Waals surface area contributed by atoms with Gasteiger partial charge in [-0.05, 0) is 24.3 Å². The fourth-order valence-corrected chi connectivity index (χ4v) is 5.26. The van der Waals surface area contributed by atoms with Gasteiger partial charge in [-0.25, -0.2) is 16.8 Å². The smallest absolute Gasteiger partial charge is 0.216 e. The van der Waals surface area contributed by atoms with Gasteiger partial charge in [0.1, 0.15) is 9.81 Å². The third-order valence-corrected chi connectivity index (χ3v) is 7.23. The minimum Gasteiger partial charge on any atom is -0.290 e. The van der Waals surface area contributed by atoms with Gasteiger partial charge in [-0.2, -0.15) is 0 Å². The lowest BCUT2D eigenvalue weighted by atomic mass is 10.2. The van der Waals surface area contributed by atoms with Crippen LogP contribution in [-0.2, 0) is 29.3 Å². The molecule has 8 heteroatoms. The highest BCUT2D eigenvalue weighted by atomic mass is 32.2. The Morgan fingerprint density at radius 2 is 0.885 bits per heavy atom. The lowest BCUT2D eigenvalue weighted by Crippen LogP contribution is -2.25. The number of hydrogen-bond acceptors (Lipinski definition) is 6. The number of rotatable bonds is 4. The molecule has 1 aliphatic carbocycles. The predicted octanol–water partition coefficient (Wildman–Crippen LogP) is 1.85. The first kappa shape index (κ1) is 18.0. The Balaban J connectivity index is 2.11. The third-order valence-electron chi connectivity index (χ3n) is 3.68. The summed E-state index contributed by atoms with van der Waals surface area (Å²) in [6, 6.07) is 14.1. The predicted molar refractivity (Wildman–Crippen MR) is 93.4 cm³/mol. The van der Waals surface area contributed by atoms with Gasteiger partial charge in [0, 0.05) is 12.2 Å². The van der Waals surface area contributed by atoms with Crippen molar-refractivity contribution >= 4 is 31.2 Å². The molecule has 0 bridgehead atoms. The molecule has 0 atom stereocenters. The number of carbonyl (C=O) groups excluding carboxylic acids is 2. The van der Waals surface area contributed by atoms with Gasteiger partial charge in [-0.1, -0.05) is 36.4 Å². The summed E-state index contributed by atoms with van der Waals surface area (Å²) in [5.74, 6) is -2.11. The molecule has 0 N–H and O–H groups in total. The maximum Gasteiger partial charge on any atom is 0.216 e. The van der Waals surface area contributed by atoms with Crippen molar-refractivity contribution in [2.45, 2.75) is 9.79 Å². The number of Topliss-reactive ketones (excluding diaryl/α,β-unsaturated/α-hetero) is 1. The molecule has 132 valence electrons. The molecule has 0 saturated carbocycles. The molecule has 0 fully saturated rings. The lowest BCUT2D eigenvalue weighted by molar-refractivity contribution is -0.114. The van der Waals surface area contributed by atoms with Crippen molar-refractivity contribution < 1.29 is 26.4 Å². The van der Waals surface area contributed by atoms with Crippen LogP contribution < -0.4 is 0 Å². The first-order valence-electron chi connectivity index (χ1n) is 7.37. The molecule has 0 saturated heterocycles. The van der Waals surface area contributed by atoms with Crippen molar-refractivity contribution in [3.8, 4) is 0 Å². The largest absolute Gasteiger partial charge is 0.290 e. The van der Waals surface area contributed by atoms with Crippen molar-refractivity contribution in [3.05, 3.63) is 82.6 Å². The molecule has 6 nitrogen and oxygen atoms in total. The van der Waals surface area contributed by atoms with E-state index in [2.05, 4.69) is 0 Å². The number of benzene rings is 2. The monoisotopic (exact) mass is 388 g/mol. The van der Waals surface area contributed by atoms with Crippen molar-refractivity contribution in [1.29, 1.82) is 0 Å². The second kappa shape index (κ2) is 6.47. The van der Waals surface area contributed by atoms with Crippen LogP contribution in [0.5, 0.6) is 0 Å². The number of hydrogen-bond donors (Lipinski definition) is 0. The van der Waals surface area contributed by atoms with E-state index in [9.17, 15) is 26.4 Å². The lowest BCUT2D eigenvalue weighted by Gasteiger charge is -2.14. The second-order valence-corrected chi connectivity index (χ2v) is 9.22. The van der Waals surface area contributed by atoms with Gasteiger partial charge in [-0.15, -0.1) is 0 Å². The number of sulfone groups is 2. The summed E-state index contributed by atoms with van der Waals surface area (Å²) >= 11 is 0. The number of carbonyl (C=O) groups is 2. The second-order valence-electron chi connectivity index (χ2n) is 5.38. The average molecular weight is 388 g/mol. The zero-order valence-corrected chi connectivity index (χ0v) is 14.8. The normalized spacial score (nSPS) is 15.4. The molecule has 1 aliphatic rings. The van der Waals surface area contributed by atoms with Crippen molar-refractivity contribution in [1.82, 2.24) is 0 Å². The Morgan fingerprint density at radius 1 is 0.538 bits per heavy atom. The van der Waals surface area contributed by atoms with E-state index in [1.807, 2.05) is 0 Å². The highest BCUT2D eigenvalue weighted by molar-refractivity contribution is 7.98. The molecule has 0 spiro atoms. The van der Waals surface area contributed by atoms with Crippen LogP contribution in [0.1, 0.15) is 0 Å². The number of ketones is 2. The fraction of sp³-hybridized carbons (Fsp3) is 0. The van der Waals surface area contributed by atoms with Crippen LogP contribution in [0.15, 0.2) is 92.4 Å². The molecule has 2 aromatic carbocycles. The Morgan fingerprint density at radius 3 is 1.23 bits per heavy atom. The molecule has 0 heterocycles. The van der Waals surface area contributed by atoms with Crippen LogP contribution >= 0.6 is 0 Å². The van der Waals surface area contributed by atoms with Gasteiger partial charge in [-0.3, -0.25) is 9.59 Å². The van der Waals surface area contributed by atoms with Gasteiger partial charge in [0.2, 0.25) is 25.5 Å². The first-order valence-corrected chi connectivity index (χ1v) is 10.3. The molecule has 0 radical (unpaired) electrons. The van der Waals surface area contributed by atoms with Crippen LogP contribution in [0.25, 0.3) is 0 Å². The van der Waals surface area contributed by atoms with Crippen LogP contribution in [0.4, 0.5) is 0 Å². The molecule has 26 heavy (non-hydrogen) atoms. The SMILES string of the molecule is O=C1C=C(S(=O)(=O)c2ccccc2)C(=O)C(S(=O)(=O)c2ccccc2)=C1. The summed E-state index contributed by atoms with van der Waals surface area (Å²) in [5, 5.41) is 0. The molecular formula is C18H12O6S2. The molecule has 0 aliphatic heterocycles. The topological polar surface area (TPSA) is 102 Å². The summed E-state index contributed by atoms with van der Waals surface area (Å²) < 4.78 is 50.8. The first-order chi connectivity index (χ1) is 12.2. The van der Waals surface area contributed by atoms with Crippen molar-refractivity contribution in [2.75, 3.05) is 0 Å². The van der Waals surface area contributed by atoms with E-state index >= 15 is 0 Å². The maximum absolute atomic E-state index is 12.7. The summed E-state index contributed by atoms with van der Waals surface area (Å²) in [4.78, 5) is 22.5. The Kier molecular flexibility index (Phi) is 4.47. The van der Waals surface area contributed by atoms with E-state index in [-0.39, 0.29) is 9.79 Å². The van der Waals surface area contributed by atoms with E-state index in [0.29, 0.717) is 12.2 Å². The van der Waals surface area contributed by atoms with E-state index < -0.39 is 41.1 Å². The average Bonchev–Trinajstić information content (AvgIpc) is 2.64. The van der Waals surface area contributed by atoms with Crippen LogP contribution in [-0.4, -0.2) is 28.4 Å². The van der Waals surface area contributed by atoms with Gasteiger partial charge < -0.3 is 0 Å². The highest BCUT2D eigenvalue weighted by Crippen LogP contribution is 2.30. The molecule has 3 rings (SSSR count). The zero-order chi connectivity index (χ0) is 18.9. The van der Waals surface area contributed by atoms with Crippen molar-refractivity contribution in [2.24, 2.45) is 0 Å². The highest BCUT2D eigenvalue weighted by Gasteiger charge is 2.38. The van der Waals surface area contributed by atoms with Gasteiger partial charge in [0.05, 0.1) is 9.79 Å². The zero-order valence-electron chi connectivity index (χ0n) is 13.2. The Labute approximate surface area is 150 Å². The summed E-state index contributed by atoms with van der Waals surface area (Å²) in [6.45, 7) is 0. The molecule has 0 unspecified atom stereocenters. The summed E-state index contributed by atoms with van der Waals surface area (Å²) in [6.07, 6.45) is 1.29. The summed E-state index contributed by atoms with van der Waals surface area (Å²) in [5.41, 5.74) is 0. The Hall–Kier alpha value is -2.84. The van der Waals surface area contributed by atoms with E-state index in [4.69, 9.17) is 0 Å². The number of allylic oxidation sites excluding steroid dienone is 4. The Bertz CT molecular complexity index is 1070. The van der Waals surface area contributed by atoms with Gasteiger partial charge >= 0.3 is 0 Å². The standard InChI is InChI=1S/C18H12O6S2/c19-13-11-16(25(21,22)14-7-3-1-4-8-14)18(20)17(12-13)26(23,24)15-9-5-2-6-10-15/h1-12H. The minimum atomic E-state index is -4.33. The third kappa shape index (κ3) is 3.04. The molecule has 0 amide bonds. The van der Waals surface area contributed by atoms with Gasteiger partial charge in [0.25, 0.3) is 0 Å². The fourth-order valence-electron chi connectivity index (χ4n) is 2.41. The molecular weight excluding hydrogens is 376 g/mol. The van der Waals surface area contributed by atoms with E-state index in [1.54, 1.807) is 12.1 Å². The quantitative estimate of drug-likeness (QED) is 0.741. The van der Waals surface area contributed by atoms with Crippen LogP contribution in [0, 0.1) is 0 Å². The van der Waals surface area contributed by atoms with E-state index in [0.717, 1.165) is 0 Å².